The van der Waals surface area contributed by atoms with Gasteiger partial charge in [-0.1, -0.05) is 42.5 Å². The highest BCUT2D eigenvalue weighted by molar-refractivity contribution is 5.97. The molecule has 1 aliphatic carbocycles. The SMILES string of the molecule is C=C[C@@H]1C[C@]1(NC(=O)[C@@H]1CC(Oc2cc(-c3ccccc3)nc3cc(OC)ccc23)CN1C(=O)[C@H](CNC(=O)/C=C/CN(C)C)NC(=O)OC(C)(C)C)C(=O)OCC. The predicted octanol–water partition coefficient (Wildman–Crippen LogP) is 4.01. The molecule has 2 fully saturated rings. The highest BCUT2D eigenvalue weighted by Crippen LogP contribution is 2.46. The molecule has 1 unspecified atom stereocenters. The summed E-state index contributed by atoms with van der Waals surface area (Å²) < 4.78 is 23.0. The molecule has 310 valence electrons. The van der Waals surface area contributed by atoms with Gasteiger partial charge in [0.15, 0.2) is 0 Å². The third kappa shape index (κ3) is 10.7. The Morgan fingerprint density at radius 1 is 1.09 bits per heavy atom. The molecule has 3 aromatic rings. The molecule has 2 heterocycles. The van der Waals surface area contributed by atoms with Crippen molar-refractivity contribution < 1.29 is 42.9 Å². The minimum absolute atomic E-state index is 0.0225. The van der Waals surface area contributed by atoms with Crippen molar-refractivity contribution in [2.45, 2.75) is 69.9 Å². The van der Waals surface area contributed by atoms with E-state index in [2.05, 4.69) is 22.5 Å². The summed E-state index contributed by atoms with van der Waals surface area (Å²) in [6, 6.07) is 14.3. The van der Waals surface area contributed by atoms with E-state index in [0.29, 0.717) is 34.6 Å². The van der Waals surface area contributed by atoms with Crippen molar-refractivity contribution in [3.05, 3.63) is 79.4 Å². The molecule has 0 spiro atoms. The minimum Gasteiger partial charge on any atom is -0.497 e. The lowest BCUT2D eigenvalue weighted by atomic mass is 10.1. The lowest BCUT2D eigenvalue weighted by Crippen LogP contribution is -2.58. The lowest BCUT2D eigenvalue weighted by molar-refractivity contribution is -0.150. The van der Waals surface area contributed by atoms with E-state index in [1.165, 1.54) is 11.0 Å². The van der Waals surface area contributed by atoms with Crippen LogP contribution in [0, 0.1) is 5.92 Å². The summed E-state index contributed by atoms with van der Waals surface area (Å²) >= 11 is 0. The maximum absolute atomic E-state index is 14.6. The fourth-order valence-corrected chi connectivity index (χ4v) is 6.76. The predicted molar refractivity (Wildman–Crippen MR) is 218 cm³/mol. The van der Waals surface area contributed by atoms with Gasteiger partial charge in [-0.3, -0.25) is 14.4 Å². The summed E-state index contributed by atoms with van der Waals surface area (Å²) in [6.07, 6.45) is 3.26. The number of ether oxygens (including phenoxy) is 4. The number of methoxy groups -OCH3 is 1. The second kappa shape index (κ2) is 18.5. The number of nitrogens with zero attached hydrogens (tertiary/aromatic N) is 3. The second-order valence-electron chi connectivity index (χ2n) is 15.6. The quantitative estimate of drug-likeness (QED) is 0.108. The van der Waals surface area contributed by atoms with Gasteiger partial charge >= 0.3 is 12.1 Å². The molecule has 3 N–H and O–H groups in total. The van der Waals surface area contributed by atoms with Gasteiger partial charge in [-0.25, -0.2) is 14.6 Å². The zero-order chi connectivity index (χ0) is 42.2. The number of alkyl carbamates (subject to hydrolysis) is 1. The van der Waals surface area contributed by atoms with Crippen LogP contribution in [0.2, 0.25) is 0 Å². The second-order valence-corrected chi connectivity index (χ2v) is 15.6. The van der Waals surface area contributed by atoms with Crippen LogP contribution >= 0.6 is 0 Å². The Hall–Kier alpha value is -5.96. The number of benzene rings is 2. The van der Waals surface area contributed by atoms with Crippen molar-refractivity contribution in [1.29, 1.82) is 0 Å². The number of aromatic nitrogens is 1. The summed E-state index contributed by atoms with van der Waals surface area (Å²) in [4.78, 5) is 76.1. The van der Waals surface area contributed by atoms with Crippen LogP contribution in [0.15, 0.2) is 79.4 Å². The van der Waals surface area contributed by atoms with Crippen molar-refractivity contribution in [1.82, 2.24) is 30.7 Å². The topological polar surface area (TPSA) is 178 Å². The minimum atomic E-state index is -1.35. The molecule has 5 atom stereocenters. The van der Waals surface area contributed by atoms with Gasteiger partial charge in [0, 0.05) is 54.6 Å². The highest BCUT2D eigenvalue weighted by Gasteiger charge is 2.62. The van der Waals surface area contributed by atoms with Gasteiger partial charge in [-0.15, -0.1) is 6.58 Å². The van der Waals surface area contributed by atoms with E-state index in [9.17, 15) is 24.0 Å². The number of likely N-dealkylation sites (N-methyl/N-ethyl adjacent to an activating group) is 1. The van der Waals surface area contributed by atoms with E-state index in [4.69, 9.17) is 23.9 Å². The smallest absolute Gasteiger partial charge is 0.408 e. The van der Waals surface area contributed by atoms with Crippen LogP contribution in [-0.4, -0.2) is 121 Å². The van der Waals surface area contributed by atoms with E-state index >= 15 is 0 Å². The number of fused-ring (bicyclic) bond motifs is 1. The van der Waals surface area contributed by atoms with E-state index in [0.717, 1.165) is 5.56 Å². The summed E-state index contributed by atoms with van der Waals surface area (Å²) in [7, 11) is 5.28. The van der Waals surface area contributed by atoms with Crippen molar-refractivity contribution in [2.75, 3.05) is 47.4 Å². The van der Waals surface area contributed by atoms with E-state index in [1.54, 1.807) is 59.1 Å². The molecule has 15 nitrogen and oxygen atoms in total. The van der Waals surface area contributed by atoms with Crippen LogP contribution in [-0.2, 0) is 28.7 Å². The Morgan fingerprint density at radius 3 is 2.47 bits per heavy atom. The summed E-state index contributed by atoms with van der Waals surface area (Å²) in [6.45, 7) is 10.7. The van der Waals surface area contributed by atoms with Gasteiger partial charge in [-0.2, -0.15) is 0 Å². The number of hydrogen-bond donors (Lipinski definition) is 3. The molecule has 58 heavy (non-hydrogen) atoms. The fourth-order valence-electron chi connectivity index (χ4n) is 6.76. The van der Waals surface area contributed by atoms with E-state index in [1.807, 2.05) is 61.5 Å². The molecule has 0 radical (unpaired) electrons. The largest absolute Gasteiger partial charge is 0.497 e. The first-order valence-corrected chi connectivity index (χ1v) is 19.3. The number of hydrogen-bond acceptors (Lipinski definition) is 11. The van der Waals surface area contributed by atoms with Gasteiger partial charge < -0.3 is 44.7 Å². The number of esters is 1. The number of carbonyl (C=O) groups excluding carboxylic acids is 5. The van der Waals surface area contributed by atoms with Crippen LogP contribution < -0.4 is 25.4 Å². The average Bonchev–Trinajstić information content (AvgIpc) is 3.74. The van der Waals surface area contributed by atoms with Crippen LogP contribution in [0.5, 0.6) is 11.5 Å². The molecule has 0 bridgehead atoms. The van der Waals surface area contributed by atoms with Gasteiger partial charge in [0.1, 0.15) is 40.8 Å². The molecule has 1 saturated heterocycles. The summed E-state index contributed by atoms with van der Waals surface area (Å²) in [5, 5.41) is 8.83. The Kier molecular flexibility index (Phi) is 13.8. The molecule has 1 saturated carbocycles. The maximum Gasteiger partial charge on any atom is 0.408 e. The molecule has 1 aromatic heterocycles. The Balaban J connectivity index is 1.50. The Bertz CT molecular complexity index is 2030. The first-order valence-electron chi connectivity index (χ1n) is 19.3. The highest BCUT2D eigenvalue weighted by atomic mass is 16.6. The molecule has 1 aliphatic heterocycles. The average molecular weight is 799 g/mol. The number of likely N-dealkylation sites (tertiary alicyclic amines) is 1. The zero-order valence-electron chi connectivity index (χ0n) is 34.2. The lowest BCUT2D eigenvalue weighted by Gasteiger charge is -2.30. The maximum atomic E-state index is 14.6. The Morgan fingerprint density at radius 2 is 1.83 bits per heavy atom. The number of nitrogens with one attached hydrogen (secondary N) is 3. The summed E-state index contributed by atoms with van der Waals surface area (Å²) in [5.41, 5.74) is -0.150. The van der Waals surface area contributed by atoms with Crippen LogP contribution in [0.1, 0.15) is 40.5 Å². The Labute approximate surface area is 339 Å². The number of pyridine rings is 1. The molecule has 5 rings (SSSR count). The van der Waals surface area contributed by atoms with E-state index in [-0.39, 0.29) is 38.5 Å². The molecule has 4 amide bonds. The molecule has 2 aliphatic rings. The zero-order valence-corrected chi connectivity index (χ0v) is 34.2. The van der Waals surface area contributed by atoms with Gasteiger partial charge in [0.25, 0.3) is 0 Å². The number of carbonyl (C=O) groups is 5. The molecule has 15 heteroatoms. The normalized spacial score (nSPS) is 20.6. The first kappa shape index (κ1) is 43.2. The van der Waals surface area contributed by atoms with Crippen molar-refractivity contribution in [2.24, 2.45) is 5.92 Å². The molecular formula is C43H54N6O9. The molecule has 2 aromatic carbocycles. The summed E-state index contributed by atoms with van der Waals surface area (Å²) in [5.74, 6) is -1.69. The first-order chi connectivity index (χ1) is 27.6. The van der Waals surface area contributed by atoms with E-state index < -0.39 is 59.1 Å². The van der Waals surface area contributed by atoms with Gasteiger partial charge in [-0.05, 0) is 60.3 Å². The standard InChI is InChI=1S/C43H54N6O9/c1-9-28-24-43(28,40(53)56-10-2)47-38(51)35-22-30(57-36-23-32(27-15-12-11-13-16-27)45-33-21-29(55-8)18-19-31(33)36)26-49(35)39(52)34(46-41(54)58-42(3,4)5)25-44-37(50)17-14-20-48(6)7/h9,11-19,21,23,28,30,34-35H,1,10,20,22,24-26H2,2-8H3,(H,44,50)(H,46,54)(H,47,51)/b17-14+/t28-,30?,34+,35+,43-/m1/s1. The van der Waals surface area contributed by atoms with Crippen LogP contribution in [0.3, 0.4) is 0 Å². The monoisotopic (exact) mass is 798 g/mol. The van der Waals surface area contributed by atoms with Gasteiger partial charge in [0.05, 0.1) is 31.5 Å². The van der Waals surface area contributed by atoms with Gasteiger partial charge in [0.2, 0.25) is 17.7 Å². The van der Waals surface area contributed by atoms with Crippen LogP contribution in [0.4, 0.5) is 4.79 Å². The van der Waals surface area contributed by atoms with Crippen LogP contribution in [0.25, 0.3) is 22.2 Å². The number of rotatable bonds is 16. The van der Waals surface area contributed by atoms with Crippen molar-refractivity contribution in [3.8, 4) is 22.8 Å². The third-order valence-electron chi connectivity index (χ3n) is 9.69. The number of amides is 4. The van der Waals surface area contributed by atoms with Crippen molar-refractivity contribution >= 4 is 40.7 Å². The fraction of sp³-hybridized carbons (Fsp3) is 0.442. The molecular weight excluding hydrogens is 745 g/mol. The third-order valence-corrected chi connectivity index (χ3v) is 9.69. The van der Waals surface area contributed by atoms with Crippen molar-refractivity contribution in [3.63, 3.8) is 0 Å².